The monoisotopic (exact) mass is 953 g/mol. The molecule has 3 unspecified atom stereocenters. The van der Waals surface area contributed by atoms with E-state index in [-0.39, 0.29) is 80.5 Å². The first-order valence-corrected chi connectivity index (χ1v) is 16.9. The topological polar surface area (TPSA) is 305 Å². The molecule has 0 bridgehead atoms. The summed E-state index contributed by atoms with van der Waals surface area (Å²) in [6.07, 6.45) is -0.683. The van der Waals surface area contributed by atoms with Crippen LogP contribution in [0.15, 0.2) is 53.5 Å². The number of hydrogen-bond acceptors (Lipinski definition) is 6. The molecule has 3 amide bonds. The number of benzene rings is 2. The van der Waals surface area contributed by atoms with Crippen LogP contribution in [0.25, 0.3) is 5.73 Å². The van der Waals surface area contributed by atoms with Gasteiger partial charge in [-0.1, -0.05) is 61.0 Å². The summed E-state index contributed by atoms with van der Waals surface area (Å²) in [5.41, 5.74) is 13.1. The molecular formula is C26H34AcF4N7O9P2-. The molecule has 16 nitrogen and oxygen atoms in total. The Morgan fingerprint density at radius 2 is 1.14 bits per heavy atom. The van der Waals surface area contributed by atoms with Crippen LogP contribution < -0.4 is 27.8 Å². The van der Waals surface area contributed by atoms with Crippen molar-refractivity contribution in [1.82, 2.24) is 10.6 Å². The van der Waals surface area contributed by atoms with Crippen molar-refractivity contribution in [1.29, 1.82) is 0 Å². The fraction of sp³-hybridized carbons (Fsp3) is 0.385. The Hall–Kier alpha value is -2.46. The van der Waals surface area contributed by atoms with Gasteiger partial charge < -0.3 is 53.1 Å². The Balaban J connectivity index is 0.0000120. The van der Waals surface area contributed by atoms with Crippen LogP contribution in [0, 0.1) is 44.1 Å². The fourth-order valence-corrected chi connectivity index (χ4v) is 5.07. The number of carbonyl (C=O) groups is 3. The number of carbonyl (C=O) groups excluding carboxylic acids is 3. The summed E-state index contributed by atoms with van der Waals surface area (Å²) in [7, 11) is -11.7. The molecule has 3 atom stereocenters. The second-order valence-electron chi connectivity index (χ2n) is 10.5. The molecule has 23 heteroatoms. The van der Waals surface area contributed by atoms with Crippen molar-refractivity contribution < 1.29 is 105 Å². The number of amides is 3. The zero-order valence-corrected chi connectivity index (χ0v) is 31.9. The zero-order valence-electron chi connectivity index (χ0n) is 25.4. The van der Waals surface area contributed by atoms with E-state index in [0.29, 0.717) is 24.3 Å². The molecule has 0 aliphatic rings. The number of alkyl halides is 4. The van der Waals surface area contributed by atoms with Gasteiger partial charge in [0, 0.05) is 74.6 Å². The van der Waals surface area contributed by atoms with Crippen molar-refractivity contribution in [2.75, 3.05) is 6.54 Å². The van der Waals surface area contributed by atoms with E-state index in [0.717, 1.165) is 24.3 Å². The molecule has 13 N–H and O–H groups in total. The number of nitrogens with two attached hydrogens (primary N) is 3. The summed E-state index contributed by atoms with van der Waals surface area (Å²) >= 11 is 0. The van der Waals surface area contributed by atoms with Crippen LogP contribution in [0.1, 0.15) is 35.1 Å². The summed E-state index contributed by atoms with van der Waals surface area (Å²) < 4.78 is 78.6. The van der Waals surface area contributed by atoms with Crippen molar-refractivity contribution in [2.24, 2.45) is 22.2 Å². The van der Waals surface area contributed by atoms with Gasteiger partial charge in [-0.3, -0.25) is 28.5 Å². The van der Waals surface area contributed by atoms with E-state index in [1.807, 2.05) is 0 Å². The molecule has 2 rings (SSSR count). The second kappa shape index (κ2) is 18.2. The Morgan fingerprint density at radius 3 is 1.51 bits per heavy atom. The Labute approximate surface area is 312 Å². The van der Waals surface area contributed by atoms with Gasteiger partial charge in [-0.25, -0.2) is 0 Å². The predicted octanol–water partition coefficient (Wildman–Crippen LogP) is 0.855. The fourth-order valence-electron chi connectivity index (χ4n) is 4.10. The van der Waals surface area contributed by atoms with Crippen molar-refractivity contribution in [3.05, 3.63) is 76.5 Å². The Bertz CT molecular complexity index is 1590. The predicted molar refractivity (Wildman–Crippen MR) is 163 cm³/mol. The minimum absolute atomic E-state index is 0. The maximum Gasteiger partial charge on any atom is 0.399 e. The van der Waals surface area contributed by atoms with Gasteiger partial charge in [0.05, 0.1) is 0 Å². The summed E-state index contributed by atoms with van der Waals surface area (Å²) in [5, 5.41) is 4.61. The zero-order chi connectivity index (χ0) is 36.7. The van der Waals surface area contributed by atoms with Gasteiger partial charge in [-0.05, 0) is 17.5 Å². The molecule has 2 aromatic rings. The third-order valence-electron chi connectivity index (χ3n) is 6.77. The molecule has 2 aromatic carbocycles. The third kappa shape index (κ3) is 12.7. The molecule has 49 heavy (non-hydrogen) atoms. The SMILES string of the molecule is [Ac].[NH-]C(CCCN=C(N)N)C(=O)NC(Cc1ccc(C(F)(F)P(=O)(O)O)cc1)C(=O)NC(Cc1ccc(C(F)(F)P(=O)(O)O)cc1)C(N)=O. The van der Waals surface area contributed by atoms with Gasteiger partial charge in [-0.2, -0.15) is 17.6 Å². The van der Waals surface area contributed by atoms with E-state index < -0.39 is 86.3 Å². The number of hydrogen-bond donors (Lipinski definition) is 9. The molecule has 1 radical (unpaired) electrons. The molecular weight excluding hydrogens is 919 g/mol. The normalized spacial score (nSPS) is 14.1. The molecule has 0 aliphatic carbocycles. The smallest absolute Gasteiger partial charge is 0.399 e. The van der Waals surface area contributed by atoms with E-state index in [2.05, 4.69) is 15.6 Å². The number of aliphatic imine (C=N–C) groups is 1. The van der Waals surface area contributed by atoms with Crippen LogP contribution in [0.2, 0.25) is 0 Å². The first-order chi connectivity index (χ1) is 22.0. The van der Waals surface area contributed by atoms with E-state index in [9.17, 15) is 41.1 Å². The summed E-state index contributed by atoms with van der Waals surface area (Å²) in [4.78, 5) is 77.9. The quantitative estimate of drug-likeness (QED) is 0.0352. The molecule has 0 spiro atoms. The number of halogens is 4. The number of nitrogens with zero attached hydrogens (tertiary/aromatic N) is 1. The van der Waals surface area contributed by atoms with Crippen molar-refractivity contribution >= 4 is 38.9 Å². The average molecular weight is 954 g/mol. The molecule has 0 saturated heterocycles. The van der Waals surface area contributed by atoms with Crippen molar-refractivity contribution in [3.63, 3.8) is 0 Å². The summed E-state index contributed by atoms with van der Waals surface area (Å²) in [6.45, 7) is 0.0960. The van der Waals surface area contributed by atoms with Gasteiger partial charge in [0.2, 0.25) is 17.7 Å². The summed E-state index contributed by atoms with van der Waals surface area (Å²) in [6, 6.07) is 2.35. The van der Waals surface area contributed by atoms with E-state index in [1.165, 1.54) is 0 Å². The molecule has 269 valence electrons. The van der Waals surface area contributed by atoms with Crippen LogP contribution in [-0.4, -0.2) is 67.9 Å². The van der Waals surface area contributed by atoms with Gasteiger partial charge >= 0.3 is 26.5 Å². The molecule has 0 saturated carbocycles. The van der Waals surface area contributed by atoms with E-state index in [4.69, 9.17) is 42.5 Å². The minimum atomic E-state index is -5.88. The maximum atomic E-state index is 14.1. The molecule has 0 aliphatic heterocycles. The first kappa shape index (κ1) is 44.6. The van der Waals surface area contributed by atoms with Gasteiger partial charge in [0.15, 0.2) is 5.96 Å². The van der Waals surface area contributed by atoms with Crippen molar-refractivity contribution in [2.45, 2.75) is 55.1 Å². The standard InChI is InChI=1S/C26H34F4N7O9P2.Ac/c27-25(28,47(41,42)43)16-7-3-14(4-8-16)12-19(21(32)38)36-23(40)20(37-22(39)18(31)2-1-11-35-24(33)34)13-15-5-9-17(10-6-15)26(29,30)48(44,45)46;/h3-10,18-20,31H,1-2,11-13H2,(H2,32,38)(H,36,40)(H,37,39)(H4,33,34,35)(H2,41,42,43)(H2,44,45,46);/q-1;. The first-order valence-electron chi connectivity index (χ1n) is 13.7. The Kier molecular flexibility index (Phi) is 16.5. The van der Waals surface area contributed by atoms with Crippen LogP contribution >= 0.6 is 15.2 Å². The van der Waals surface area contributed by atoms with Gasteiger partial charge in [0.25, 0.3) is 0 Å². The third-order valence-corrected chi connectivity index (χ3v) is 8.75. The largest absolute Gasteiger partial charge is 0.667 e. The van der Waals surface area contributed by atoms with Crippen LogP contribution in [0.3, 0.4) is 0 Å². The average Bonchev–Trinajstić information content (AvgIpc) is 2.97. The van der Waals surface area contributed by atoms with Crippen LogP contribution in [-0.2, 0) is 47.7 Å². The second-order valence-corrected chi connectivity index (χ2v) is 13.8. The molecule has 0 aromatic heterocycles. The minimum Gasteiger partial charge on any atom is -0.667 e. The number of rotatable bonds is 17. The van der Waals surface area contributed by atoms with Crippen LogP contribution in [0.4, 0.5) is 17.6 Å². The van der Waals surface area contributed by atoms with Gasteiger partial charge in [0.1, 0.15) is 12.1 Å². The number of primary amides is 1. The molecule has 0 fully saturated rings. The van der Waals surface area contributed by atoms with Crippen molar-refractivity contribution in [3.8, 4) is 0 Å². The maximum absolute atomic E-state index is 14.1. The van der Waals surface area contributed by atoms with Crippen LogP contribution in [0.5, 0.6) is 0 Å². The Morgan fingerprint density at radius 1 is 0.755 bits per heavy atom. The summed E-state index contributed by atoms with van der Waals surface area (Å²) in [5.74, 6) is -3.32. The van der Waals surface area contributed by atoms with E-state index >= 15 is 0 Å². The number of nitrogens with one attached hydrogen (secondary N) is 3. The van der Waals surface area contributed by atoms with E-state index in [1.54, 1.807) is 0 Å². The van der Waals surface area contributed by atoms with Gasteiger partial charge in [-0.15, -0.1) is 0 Å². The number of guanidine groups is 1. The molecule has 0 heterocycles.